The maximum absolute atomic E-state index is 12.1. The molecule has 0 saturated carbocycles. The van der Waals surface area contributed by atoms with E-state index in [1.165, 1.54) is 0 Å². The fourth-order valence-electron chi connectivity index (χ4n) is 1.57. The number of pyridine rings is 1. The minimum Gasteiger partial charge on any atom is -0.384 e. The molecule has 4 nitrogen and oxygen atoms in total. The second kappa shape index (κ2) is 7.09. The molecule has 0 saturated heterocycles. The number of anilines is 1. The van der Waals surface area contributed by atoms with Gasteiger partial charge < -0.3 is 10.4 Å². The van der Waals surface area contributed by atoms with Crippen LogP contribution >= 0.6 is 23.2 Å². The van der Waals surface area contributed by atoms with Crippen molar-refractivity contribution < 1.29 is 9.90 Å². The van der Waals surface area contributed by atoms with Gasteiger partial charge in [0.25, 0.3) is 5.91 Å². The number of aliphatic hydroxyl groups is 1. The molecule has 2 rings (SSSR count). The fourth-order valence-corrected chi connectivity index (χ4v) is 1.95. The molecule has 0 bridgehead atoms. The van der Waals surface area contributed by atoms with Gasteiger partial charge in [-0.2, -0.15) is 0 Å². The third-order valence-electron chi connectivity index (χ3n) is 2.48. The van der Waals surface area contributed by atoms with Gasteiger partial charge in [-0.05, 0) is 30.2 Å². The molecule has 1 aromatic heterocycles. The van der Waals surface area contributed by atoms with Crippen LogP contribution in [0.1, 0.15) is 16.1 Å². The zero-order chi connectivity index (χ0) is 15.2. The summed E-state index contributed by atoms with van der Waals surface area (Å²) in [5, 5.41) is 11.8. The average Bonchev–Trinajstić information content (AvgIpc) is 2.48. The van der Waals surface area contributed by atoms with Crippen LogP contribution < -0.4 is 5.32 Å². The molecule has 0 spiro atoms. The van der Waals surface area contributed by atoms with Crippen molar-refractivity contribution in [3.8, 4) is 11.8 Å². The highest BCUT2D eigenvalue weighted by Crippen LogP contribution is 2.26. The molecule has 2 aromatic rings. The normalized spacial score (nSPS) is 9.67. The summed E-state index contributed by atoms with van der Waals surface area (Å²) in [6, 6.07) is 9.80. The summed E-state index contributed by atoms with van der Waals surface area (Å²) < 4.78 is 0. The summed E-state index contributed by atoms with van der Waals surface area (Å²) in [4.78, 5) is 16.3. The van der Waals surface area contributed by atoms with Crippen molar-refractivity contribution in [2.75, 3.05) is 11.9 Å². The number of benzene rings is 1. The minimum atomic E-state index is -0.415. The summed E-state index contributed by atoms with van der Waals surface area (Å²) >= 11 is 11.9. The lowest BCUT2D eigenvalue weighted by atomic mass is 10.2. The van der Waals surface area contributed by atoms with Crippen LogP contribution in [0.3, 0.4) is 0 Å². The Hall–Kier alpha value is -2.06. The Labute approximate surface area is 131 Å². The van der Waals surface area contributed by atoms with E-state index in [4.69, 9.17) is 28.3 Å². The quantitative estimate of drug-likeness (QED) is 0.836. The van der Waals surface area contributed by atoms with Gasteiger partial charge in [-0.3, -0.25) is 4.79 Å². The lowest BCUT2D eigenvalue weighted by Gasteiger charge is -2.07. The average molecular weight is 321 g/mol. The summed E-state index contributed by atoms with van der Waals surface area (Å²) in [6.07, 6.45) is 0. The van der Waals surface area contributed by atoms with Crippen molar-refractivity contribution in [1.82, 2.24) is 4.98 Å². The zero-order valence-electron chi connectivity index (χ0n) is 10.7. The molecule has 0 radical (unpaired) electrons. The van der Waals surface area contributed by atoms with Gasteiger partial charge in [0.1, 0.15) is 18.1 Å². The van der Waals surface area contributed by atoms with Crippen molar-refractivity contribution in [2.24, 2.45) is 0 Å². The molecule has 1 heterocycles. The number of carbonyl (C=O) groups is 1. The zero-order valence-corrected chi connectivity index (χ0v) is 12.2. The number of hydrogen-bond donors (Lipinski definition) is 2. The molecule has 106 valence electrons. The van der Waals surface area contributed by atoms with E-state index < -0.39 is 5.91 Å². The van der Waals surface area contributed by atoms with Crippen molar-refractivity contribution in [3.05, 3.63) is 57.7 Å². The largest absolute Gasteiger partial charge is 0.384 e. The van der Waals surface area contributed by atoms with E-state index in [0.717, 1.165) is 0 Å². The highest BCUT2D eigenvalue weighted by atomic mass is 35.5. The van der Waals surface area contributed by atoms with Gasteiger partial charge >= 0.3 is 0 Å². The van der Waals surface area contributed by atoms with E-state index in [1.54, 1.807) is 36.4 Å². The van der Waals surface area contributed by atoms with E-state index in [1.807, 2.05) is 0 Å². The van der Waals surface area contributed by atoms with Crippen molar-refractivity contribution in [3.63, 3.8) is 0 Å². The molecular formula is C15H10Cl2N2O2. The van der Waals surface area contributed by atoms with Gasteiger partial charge in [0.05, 0.1) is 15.6 Å². The van der Waals surface area contributed by atoms with E-state index in [-0.39, 0.29) is 17.2 Å². The number of aromatic nitrogens is 1. The molecule has 6 heteroatoms. The van der Waals surface area contributed by atoms with Gasteiger partial charge in [-0.25, -0.2) is 4.98 Å². The van der Waals surface area contributed by atoms with Crippen molar-refractivity contribution in [2.45, 2.75) is 0 Å². The maximum atomic E-state index is 12.1. The summed E-state index contributed by atoms with van der Waals surface area (Å²) in [5.74, 6) is 5.06. The Morgan fingerprint density at radius 3 is 2.76 bits per heavy atom. The van der Waals surface area contributed by atoms with Gasteiger partial charge in [0, 0.05) is 0 Å². The van der Waals surface area contributed by atoms with Crippen LogP contribution in [0.2, 0.25) is 10.0 Å². The van der Waals surface area contributed by atoms with Crippen molar-refractivity contribution in [1.29, 1.82) is 0 Å². The standard InChI is InChI=1S/C15H10Cl2N2O2/c16-12-7-2-6-11(14(12)17)15(21)19-13-8-1-4-10(18-13)5-3-9-20/h1-2,4,6-8,20H,9H2,(H,18,19,21). The first-order chi connectivity index (χ1) is 10.1. The summed E-state index contributed by atoms with van der Waals surface area (Å²) in [5.41, 5.74) is 0.705. The highest BCUT2D eigenvalue weighted by molar-refractivity contribution is 6.44. The first-order valence-corrected chi connectivity index (χ1v) is 6.69. The summed E-state index contributed by atoms with van der Waals surface area (Å²) in [7, 11) is 0. The van der Waals surface area contributed by atoms with Gasteiger partial charge in [-0.1, -0.05) is 41.3 Å². The van der Waals surface area contributed by atoms with Crippen LogP contribution in [-0.4, -0.2) is 22.6 Å². The number of nitrogens with zero attached hydrogens (tertiary/aromatic N) is 1. The van der Waals surface area contributed by atoms with Gasteiger partial charge in [0.15, 0.2) is 0 Å². The number of carbonyl (C=O) groups excluding carboxylic acids is 1. The third-order valence-corrected chi connectivity index (χ3v) is 3.30. The highest BCUT2D eigenvalue weighted by Gasteiger charge is 2.13. The van der Waals surface area contributed by atoms with E-state index >= 15 is 0 Å². The number of nitrogens with one attached hydrogen (secondary N) is 1. The second-order valence-electron chi connectivity index (χ2n) is 3.92. The number of rotatable bonds is 2. The van der Waals surface area contributed by atoms with E-state index in [9.17, 15) is 4.79 Å². The Kier molecular flexibility index (Phi) is 5.18. The van der Waals surface area contributed by atoms with E-state index in [0.29, 0.717) is 16.5 Å². The fraction of sp³-hybridized carbons (Fsp3) is 0.0667. The molecule has 0 fully saturated rings. The predicted molar refractivity (Wildman–Crippen MR) is 82.6 cm³/mol. The molecule has 0 aliphatic carbocycles. The topological polar surface area (TPSA) is 62.2 Å². The Morgan fingerprint density at radius 2 is 2.00 bits per heavy atom. The molecule has 1 aromatic carbocycles. The molecule has 2 N–H and O–H groups in total. The Bertz CT molecular complexity index is 736. The second-order valence-corrected chi connectivity index (χ2v) is 4.71. The summed E-state index contributed by atoms with van der Waals surface area (Å²) in [6.45, 7) is -0.254. The smallest absolute Gasteiger partial charge is 0.258 e. The third kappa shape index (κ3) is 3.96. The van der Waals surface area contributed by atoms with Crippen LogP contribution in [0, 0.1) is 11.8 Å². The Morgan fingerprint density at radius 1 is 1.24 bits per heavy atom. The number of hydrogen-bond acceptors (Lipinski definition) is 3. The molecule has 1 amide bonds. The van der Waals surface area contributed by atoms with Crippen LogP contribution in [0.5, 0.6) is 0 Å². The van der Waals surface area contributed by atoms with Crippen LogP contribution in [0.4, 0.5) is 5.82 Å². The molecule has 0 aliphatic heterocycles. The van der Waals surface area contributed by atoms with Gasteiger partial charge in [-0.15, -0.1) is 0 Å². The number of amides is 1. The number of aliphatic hydroxyl groups excluding tert-OH is 1. The number of halogens is 2. The SMILES string of the molecule is O=C(Nc1cccc(C#CCO)n1)c1cccc(Cl)c1Cl. The van der Waals surface area contributed by atoms with Gasteiger partial charge in [0.2, 0.25) is 0 Å². The molecule has 0 unspecified atom stereocenters. The minimum absolute atomic E-state index is 0.188. The molecule has 0 aliphatic rings. The van der Waals surface area contributed by atoms with Crippen LogP contribution in [0.15, 0.2) is 36.4 Å². The monoisotopic (exact) mass is 320 g/mol. The lowest BCUT2D eigenvalue weighted by Crippen LogP contribution is -2.13. The predicted octanol–water partition coefficient (Wildman–Crippen LogP) is 2.98. The van der Waals surface area contributed by atoms with Crippen LogP contribution in [0.25, 0.3) is 0 Å². The van der Waals surface area contributed by atoms with E-state index in [2.05, 4.69) is 22.1 Å². The first-order valence-electron chi connectivity index (χ1n) is 5.94. The van der Waals surface area contributed by atoms with Crippen LogP contribution in [-0.2, 0) is 0 Å². The Balaban J connectivity index is 2.22. The maximum Gasteiger partial charge on any atom is 0.258 e. The molecule has 21 heavy (non-hydrogen) atoms. The lowest BCUT2D eigenvalue weighted by molar-refractivity contribution is 0.102. The van der Waals surface area contributed by atoms with Crippen molar-refractivity contribution >= 4 is 34.9 Å². The molecular weight excluding hydrogens is 311 g/mol. The first kappa shape index (κ1) is 15.3. The molecule has 0 atom stereocenters.